The Morgan fingerprint density at radius 1 is 1.19 bits per heavy atom. The van der Waals surface area contributed by atoms with Gasteiger partial charge in [-0.3, -0.25) is 0 Å². The molecule has 0 unspecified atom stereocenters. The third kappa shape index (κ3) is 3.43. The molecule has 16 heavy (non-hydrogen) atoms. The summed E-state index contributed by atoms with van der Waals surface area (Å²) in [6.07, 6.45) is 0.850. The zero-order valence-corrected chi connectivity index (χ0v) is 9.85. The van der Waals surface area contributed by atoms with Crippen LogP contribution in [0.15, 0.2) is 6.07 Å². The van der Waals surface area contributed by atoms with Crippen molar-refractivity contribution in [2.45, 2.75) is 20.3 Å². The first-order valence-corrected chi connectivity index (χ1v) is 5.52. The van der Waals surface area contributed by atoms with Crippen LogP contribution in [0.25, 0.3) is 0 Å². The van der Waals surface area contributed by atoms with Crippen LogP contribution in [0.5, 0.6) is 0 Å². The summed E-state index contributed by atoms with van der Waals surface area (Å²) in [5.74, 6) is 1.49. The van der Waals surface area contributed by atoms with Gasteiger partial charge in [-0.15, -0.1) is 0 Å². The predicted molar refractivity (Wildman–Crippen MR) is 62.5 cm³/mol. The Kier molecular flexibility index (Phi) is 5.14. The first-order valence-electron chi connectivity index (χ1n) is 5.52. The Labute approximate surface area is 95.8 Å². The van der Waals surface area contributed by atoms with Crippen LogP contribution < -0.4 is 4.90 Å². The zero-order valence-electron chi connectivity index (χ0n) is 9.85. The van der Waals surface area contributed by atoms with E-state index in [1.165, 1.54) is 0 Å². The lowest BCUT2D eigenvalue weighted by Gasteiger charge is -2.22. The van der Waals surface area contributed by atoms with Gasteiger partial charge in [-0.1, -0.05) is 6.92 Å². The normalized spacial score (nSPS) is 10.5. The van der Waals surface area contributed by atoms with E-state index in [9.17, 15) is 0 Å². The number of rotatable bonds is 6. The number of nitrogens with zero attached hydrogens (tertiary/aromatic N) is 3. The Hall–Kier alpha value is -1.20. The Balaban J connectivity index is 2.93. The highest BCUT2D eigenvalue weighted by Gasteiger charge is 2.08. The van der Waals surface area contributed by atoms with Crippen LogP contribution in [-0.4, -0.2) is 46.5 Å². The van der Waals surface area contributed by atoms with E-state index in [1.54, 1.807) is 0 Å². The van der Waals surface area contributed by atoms with Gasteiger partial charge >= 0.3 is 0 Å². The maximum absolute atomic E-state index is 8.95. The molecular weight excluding hydrogens is 206 g/mol. The summed E-state index contributed by atoms with van der Waals surface area (Å²) in [5.41, 5.74) is 0.975. The molecule has 1 aromatic rings. The molecule has 1 aromatic heterocycles. The fourth-order valence-corrected chi connectivity index (χ4v) is 1.54. The number of aromatic nitrogens is 2. The van der Waals surface area contributed by atoms with E-state index >= 15 is 0 Å². The standard InChI is InChI=1S/C11H19N3O2/c1-3-10-8-11(13-9(2)12-10)14(4-6-15)5-7-16/h8,15-16H,3-7H2,1-2H3. The van der Waals surface area contributed by atoms with E-state index < -0.39 is 0 Å². The molecule has 0 aromatic carbocycles. The van der Waals surface area contributed by atoms with Gasteiger partial charge in [-0.25, -0.2) is 9.97 Å². The molecule has 0 aliphatic carbocycles. The van der Waals surface area contributed by atoms with Crippen molar-refractivity contribution >= 4 is 5.82 Å². The molecule has 0 aliphatic rings. The van der Waals surface area contributed by atoms with Gasteiger partial charge in [0.1, 0.15) is 11.6 Å². The summed E-state index contributed by atoms with van der Waals surface area (Å²) >= 11 is 0. The van der Waals surface area contributed by atoms with Crippen molar-refractivity contribution in [2.24, 2.45) is 0 Å². The van der Waals surface area contributed by atoms with Gasteiger partial charge in [0, 0.05) is 24.8 Å². The quantitative estimate of drug-likeness (QED) is 0.720. The molecule has 5 nitrogen and oxygen atoms in total. The molecule has 0 bridgehead atoms. The Bertz CT molecular complexity index is 325. The van der Waals surface area contributed by atoms with Crippen molar-refractivity contribution in [3.8, 4) is 0 Å². The lowest BCUT2D eigenvalue weighted by Crippen LogP contribution is -2.30. The van der Waals surface area contributed by atoms with Crippen molar-refractivity contribution in [3.05, 3.63) is 17.6 Å². The average molecular weight is 225 g/mol. The summed E-state index contributed by atoms with van der Waals surface area (Å²) in [5, 5.41) is 17.9. The van der Waals surface area contributed by atoms with E-state index in [2.05, 4.69) is 9.97 Å². The van der Waals surface area contributed by atoms with Gasteiger partial charge in [-0.2, -0.15) is 0 Å². The molecule has 0 saturated carbocycles. The maximum atomic E-state index is 8.95. The minimum Gasteiger partial charge on any atom is -0.395 e. The summed E-state index contributed by atoms with van der Waals surface area (Å²) in [6, 6.07) is 1.90. The molecule has 0 aliphatic heterocycles. The van der Waals surface area contributed by atoms with E-state index in [1.807, 2.05) is 24.8 Å². The molecule has 0 fully saturated rings. The highest BCUT2D eigenvalue weighted by molar-refractivity contribution is 5.39. The third-order valence-electron chi connectivity index (χ3n) is 2.30. The van der Waals surface area contributed by atoms with E-state index in [-0.39, 0.29) is 13.2 Å². The Morgan fingerprint density at radius 3 is 2.31 bits per heavy atom. The second-order valence-electron chi connectivity index (χ2n) is 3.55. The van der Waals surface area contributed by atoms with Crippen molar-refractivity contribution in [1.29, 1.82) is 0 Å². The van der Waals surface area contributed by atoms with E-state index in [0.717, 1.165) is 23.8 Å². The number of aryl methyl sites for hydroxylation is 2. The first-order chi connectivity index (χ1) is 7.71. The summed E-state index contributed by atoms with van der Waals surface area (Å²) < 4.78 is 0. The van der Waals surface area contributed by atoms with Crippen LogP contribution in [-0.2, 0) is 6.42 Å². The fraction of sp³-hybridized carbons (Fsp3) is 0.636. The van der Waals surface area contributed by atoms with Crippen molar-refractivity contribution < 1.29 is 10.2 Å². The SMILES string of the molecule is CCc1cc(N(CCO)CCO)nc(C)n1. The summed E-state index contributed by atoms with van der Waals surface area (Å²) in [6.45, 7) is 4.92. The van der Waals surface area contributed by atoms with Gasteiger partial charge in [0.25, 0.3) is 0 Å². The van der Waals surface area contributed by atoms with Crippen LogP contribution in [0.3, 0.4) is 0 Å². The topological polar surface area (TPSA) is 69.5 Å². The number of aliphatic hydroxyl groups excluding tert-OH is 2. The van der Waals surface area contributed by atoms with Crippen molar-refractivity contribution in [1.82, 2.24) is 9.97 Å². The lowest BCUT2D eigenvalue weighted by molar-refractivity contribution is 0.280. The van der Waals surface area contributed by atoms with Crippen LogP contribution in [0.2, 0.25) is 0 Å². The highest BCUT2D eigenvalue weighted by atomic mass is 16.3. The van der Waals surface area contributed by atoms with Gasteiger partial charge in [0.2, 0.25) is 0 Å². The van der Waals surface area contributed by atoms with Crippen LogP contribution in [0.1, 0.15) is 18.4 Å². The largest absolute Gasteiger partial charge is 0.395 e. The number of hydrogen-bond donors (Lipinski definition) is 2. The minimum atomic E-state index is 0.0461. The molecule has 1 rings (SSSR count). The number of aliphatic hydroxyl groups is 2. The minimum absolute atomic E-state index is 0.0461. The fourth-order valence-electron chi connectivity index (χ4n) is 1.54. The molecule has 0 spiro atoms. The van der Waals surface area contributed by atoms with E-state index in [4.69, 9.17) is 10.2 Å². The van der Waals surface area contributed by atoms with Crippen molar-refractivity contribution in [3.63, 3.8) is 0 Å². The van der Waals surface area contributed by atoms with Crippen LogP contribution in [0.4, 0.5) is 5.82 Å². The van der Waals surface area contributed by atoms with Crippen LogP contribution >= 0.6 is 0 Å². The average Bonchev–Trinajstić information content (AvgIpc) is 2.28. The Morgan fingerprint density at radius 2 is 1.81 bits per heavy atom. The van der Waals surface area contributed by atoms with E-state index in [0.29, 0.717) is 13.1 Å². The predicted octanol–water partition coefficient (Wildman–Crippen LogP) is 0.138. The number of anilines is 1. The molecule has 0 atom stereocenters. The molecule has 0 saturated heterocycles. The maximum Gasteiger partial charge on any atom is 0.132 e. The zero-order chi connectivity index (χ0) is 12.0. The molecular formula is C11H19N3O2. The van der Waals surface area contributed by atoms with Gasteiger partial charge in [-0.05, 0) is 13.3 Å². The van der Waals surface area contributed by atoms with Gasteiger partial charge in [0.05, 0.1) is 13.2 Å². The molecule has 2 N–H and O–H groups in total. The molecule has 0 radical (unpaired) electrons. The molecule has 5 heteroatoms. The summed E-state index contributed by atoms with van der Waals surface area (Å²) in [7, 11) is 0. The number of hydrogen-bond acceptors (Lipinski definition) is 5. The second-order valence-corrected chi connectivity index (χ2v) is 3.55. The second kappa shape index (κ2) is 6.40. The van der Waals surface area contributed by atoms with Gasteiger partial charge in [0.15, 0.2) is 0 Å². The smallest absolute Gasteiger partial charge is 0.132 e. The monoisotopic (exact) mass is 225 g/mol. The van der Waals surface area contributed by atoms with Crippen molar-refractivity contribution in [2.75, 3.05) is 31.2 Å². The summed E-state index contributed by atoms with van der Waals surface area (Å²) in [4.78, 5) is 10.5. The molecule has 1 heterocycles. The highest BCUT2D eigenvalue weighted by Crippen LogP contribution is 2.12. The molecule has 90 valence electrons. The van der Waals surface area contributed by atoms with Gasteiger partial charge < -0.3 is 15.1 Å². The molecule has 0 amide bonds. The first kappa shape index (κ1) is 12.9. The third-order valence-corrected chi connectivity index (χ3v) is 2.30. The lowest BCUT2D eigenvalue weighted by atomic mass is 10.3. The van der Waals surface area contributed by atoms with Crippen LogP contribution in [0, 0.1) is 6.92 Å².